The molecule has 0 aromatic rings. The maximum absolute atomic E-state index is 12.7. The van der Waals surface area contributed by atoms with Gasteiger partial charge in [-0.3, -0.25) is 14.6 Å². The molecule has 2 rings (SSSR count). The predicted molar refractivity (Wildman–Crippen MR) is 85.0 cm³/mol. The number of rotatable bonds is 3. The van der Waals surface area contributed by atoms with Crippen molar-refractivity contribution in [2.45, 2.75) is 51.7 Å². The van der Waals surface area contributed by atoms with E-state index in [9.17, 15) is 18.4 Å². The zero-order valence-corrected chi connectivity index (χ0v) is 14.6. The first-order chi connectivity index (χ1) is 11.2. The Morgan fingerprint density at radius 2 is 1.75 bits per heavy atom. The summed E-state index contributed by atoms with van der Waals surface area (Å²) < 4.78 is 30.2. The zero-order chi connectivity index (χ0) is 17.9. The van der Waals surface area contributed by atoms with Gasteiger partial charge in [-0.1, -0.05) is 0 Å². The van der Waals surface area contributed by atoms with Crippen LogP contribution in [0.5, 0.6) is 0 Å². The quantitative estimate of drug-likeness (QED) is 0.781. The highest BCUT2D eigenvalue weighted by atomic mass is 19.3. The number of likely N-dealkylation sites (tertiary alicyclic amines) is 1. The van der Waals surface area contributed by atoms with Crippen molar-refractivity contribution in [1.29, 1.82) is 0 Å². The summed E-state index contributed by atoms with van der Waals surface area (Å²) in [7, 11) is 0. The van der Waals surface area contributed by atoms with Gasteiger partial charge in [-0.05, 0) is 33.6 Å². The van der Waals surface area contributed by atoms with Gasteiger partial charge in [0.25, 0.3) is 6.43 Å². The lowest BCUT2D eigenvalue weighted by atomic mass is 10.1. The van der Waals surface area contributed by atoms with Gasteiger partial charge in [-0.2, -0.15) is 0 Å². The van der Waals surface area contributed by atoms with E-state index < -0.39 is 24.2 Å². The second-order valence-corrected chi connectivity index (χ2v) is 7.35. The predicted octanol–water partition coefficient (Wildman–Crippen LogP) is 1.80. The molecule has 2 aliphatic heterocycles. The lowest BCUT2D eigenvalue weighted by molar-refractivity contribution is -0.137. The van der Waals surface area contributed by atoms with Crippen molar-refractivity contribution in [2.24, 2.45) is 0 Å². The van der Waals surface area contributed by atoms with Gasteiger partial charge in [-0.15, -0.1) is 0 Å². The van der Waals surface area contributed by atoms with Crippen molar-refractivity contribution in [3.05, 3.63) is 0 Å². The fraction of sp³-hybridized carbons (Fsp3) is 0.875. The molecule has 0 saturated carbocycles. The van der Waals surface area contributed by atoms with Gasteiger partial charge < -0.3 is 9.64 Å². The van der Waals surface area contributed by atoms with E-state index in [4.69, 9.17) is 4.74 Å². The van der Waals surface area contributed by atoms with Gasteiger partial charge >= 0.3 is 6.09 Å². The molecule has 2 aliphatic rings. The van der Waals surface area contributed by atoms with Crippen LogP contribution in [0.3, 0.4) is 0 Å². The van der Waals surface area contributed by atoms with Crippen molar-refractivity contribution in [3.8, 4) is 0 Å². The Morgan fingerprint density at radius 3 is 2.29 bits per heavy atom. The monoisotopic (exact) mass is 347 g/mol. The van der Waals surface area contributed by atoms with Crippen LogP contribution in [-0.4, -0.2) is 84.0 Å². The first-order valence-electron chi connectivity index (χ1n) is 8.46. The second-order valence-electron chi connectivity index (χ2n) is 7.35. The van der Waals surface area contributed by atoms with Crippen LogP contribution in [0.1, 0.15) is 33.6 Å². The molecular weight excluding hydrogens is 320 g/mol. The molecule has 0 spiro atoms. The summed E-state index contributed by atoms with van der Waals surface area (Å²) in [5.41, 5.74) is -0.603. The topological polar surface area (TPSA) is 53.1 Å². The van der Waals surface area contributed by atoms with Gasteiger partial charge in [0.05, 0.1) is 6.54 Å². The van der Waals surface area contributed by atoms with Crippen LogP contribution in [0.4, 0.5) is 13.6 Å². The summed E-state index contributed by atoms with van der Waals surface area (Å²) in [6.45, 7) is 7.35. The molecule has 0 aromatic carbocycles. The minimum absolute atomic E-state index is 0.102. The summed E-state index contributed by atoms with van der Waals surface area (Å²) in [4.78, 5) is 29.8. The minimum atomic E-state index is -2.36. The number of carbonyl (C=O) groups excluding carboxylic acids is 2. The average molecular weight is 347 g/mol. The summed E-state index contributed by atoms with van der Waals surface area (Å²) in [6, 6.07) is -0.499. The molecule has 138 valence electrons. The van der Waals surface area contributed by atoms with Crippen LogP contribution in [0.25, 0.3) is 0 Å². The summed E-state index contributed by atoms with van der Waals surface area (Å²) in [5, 5.41) is 0. The van der Waals surface area contributed by atoms with Crippen LogP contribution in [0.15, 0.2) is 0 Å². The largest absolute Gasteiger partial charge is 0.444 e. The van der Waals surface area contributed by atoms with Crippen molar-refractivity contribution in [1.82, 2.24) is 14.7 Å². The number of carbonyl (C=O) groups is 2. The highest BCUT2D eigenvalue weighted by Crippen LogP contribution is 2.23. The van der Waals surface area contributed by atoms with Crippen LogP contribution in [0.2, 0.25) is 0 Å². The van der Waals surface area contributed by atoms with Gasteiger partial charge in [0.2, 0.25) is 5.91 Å². The number of halogens is 2. The Kier molecular flexibility index (Phi) is 6.01. The van der Waals surface area contributed by atoms with Gasteiger partial charge in [0, 0.05) is 32.7 Å². The molecule has 2 saturated heterocycles. The fourth-order valence-corrected chi connectivity index (χ4v) is 3.12. The van der Waals surface area contributed by atoms with Crippen molar-refractivity contribution < 1.29 is 23.1 Å². The molecular formula is C16H27F2N3O3. The summed E-state index contributed by atoms with van der Waals surface area (Å²) in [6.07, 6.45) is -1.43. The molecule has 1 unspecified atom stereocenters. The SMILES string of the molecule is CC(C)(C)OC(=O)N1CCCC1C(=O)N1CCN(CC(F)F)CC1. The first kappa shape index (κ1) is 18.9. The van der Waals surface area contributed by atoms with E-state index in [2.05, 4.69) is 0 Å². The van der Waals surface area contributed by atoms with E-state index in [0.717, 1.165) is 6.42 Å². The Labute approximate surface area is 141 Å². The lowest BCUT2D eigenvalue weighted by Crippen LogP contribution is -2.55. The number of alkyl halides is 2. The van der Waals surface area contributed by atoms with Crippen LogP contribution in [-0.2, 0) is 9.53 Å². The van der Waals surface area contributed by atoms with E-state index in [1.165, 1.54) is 4.90 Å². The normalized spacial score (nSPS) is 23.0. The number of ether oxygens (including phenoxy) is 1. The second kappa shape index (κ2) is 7.63. The Morgan fingerprint density at radius 1 is 1.12 bits per heavy atom. The molecule has 0 aliphatic carbocycles. The van der Waals surface area contributed by atoms with Crippen LogP contribution < -0.4 is 0 Å². The maximum atomic E-state index is 12.7. The molecule has 2 heterocycles. The van der Waals surface area contributed by atoms with Crippen molar-refractivity contribution >= 4 is 12.0 Å². The van der Waals surface area contributed by atoms with E-state index in [1.807, 2.05) is 0 Å². The molecule has 0 radical (unpaired) electrons. The highest BCUT2D eigenvalue weighted by Gasteiger charge is 2.39. The van der Waals surface area contributed by atoms with Gasteiger partial charge in [-0.25, -0.2) is 13.6 Å². The molecule has 2 amide bonds. The van der Waals surface area contributed by atoms with Gasteiger partial charge in [0.1, 0.15) is 11.6 Å². The number of hydrogen-bond acceptors (Lipinski definition) is 4. The zero-order valence-electron chi connectivity index (χ0n) is 14.6. The summed E-state index contributed by atoms with van der Waals surface area (Å²) in [5.74, 6) is -0.102. The smallest absolute Gasteiger partial charge is 0.410 e. The van der Waals surface area contributed by atoms with E-state index >= 15 is 0 Å². The molecule has 0 bridgehead atoms. The average Bonchev–Trinajstić information content (AvgIpc) is 2.94. The molecule has 6 nitrogen and oxygen atoms in total. The van der Waals surface area contributed by atoms with E-state index in [-0.39, 0.29) is 12.5 Å². The molecule has 24 heavy (non-hydrogen) atoms. The lowest BCUT2D eigenvalue weighted by Gasteiger charge is -2.37. The molecule has 8 heteroatoms. The van der Waals surface area contributed by atoms with Crippen molar-refractivity contribution in [2.75, 3.05) is 39.3 Å². The number of nitrogens with zero attached hydrogens (tertiary/aromatic N) is 3. The standard InChI is InChI=1S/C16H27F2N3O3/c1-16(2,3)24-15(23)21-6-4-5-12(21)14(22)20-9-7-19(8-10-20)11-13(17)18/h12-13H,4-11H2,1-3H3. The third-order valence-electron chi connectivity index (χ3n) is 4.25. The number of amides is 2. The van der Waals surface area contributed by atoms with Crippen molar-refractivity contribution in [3.63, 3.8) is 0 Å². The third kappa shape index (κ3) is 5.03. The fourth-order valence-electron chi connectivity index (χ4n) is 3.12. The Balaban J connectivity index is 1.91. The molecule has 1 atom stereocenters. The third-order valence-corrected chi connectivity index (χ3v) is 4.25. The molecule has 2 fully saturated rings. The van der Waals surface area contributed by atoms with E-state index in [1.54, 1.807) is 30.6 Å². The number of hydrogen-bond donors (Lipinski definition) is 0. The minimum Gasteiger partial charge on any atom is -0.444 e. The number of piperazine rings is 1. The summed E-state index contributed by atoms with van der Waals surface area (Å²) >= 11 is 0. The van der Waals surface area contributed by atoms with Gasteiger partial charge in [0.15, 0.2) is 0 Å². The maximum Gasteiger partial charge on any atom is 0.410 e. The molecule has 0 aromatic heterocycles. The van der Waals surface area contributed by atoms with Crippen LogP contribution >= 0.6 is 0 Å². The Bertz CT molecular complexity index is 460. The first-order valence-corrected chi connectivity index (χ1v) is 8.46. The van der Waals surface area contributed by atoms with Crippen LogP contribution in [0, 0.1) is 0 Å². The van der Waals surface area contributed by atoms with E-state index in [0.29, 0.717) is 39.1 Å². The molecule has 0 N–H and O–H groups in total. The Hall–Kier alpha value is -1.44. The highest BCUT2D eigenvalue weighted by molar-refractivity contribution is 5.86.